The Balaban J connectivity index is 1.92. The highest BCUT2D eigenvalue weighted by atomic mass is 32.2. The van der Waals surface area contributed by atoms with Crippen LogP contribution in [0.25, 0.3) is 0 Å². The van der Waals surface area contributed by atoms with Crippen LogP contribution in [-0.2, 0) is 19.4 Å². The van der Waals surface area contributed by atoms with Crippen molar-refractivity contribution in [1.29, 1.82) is 0 Å². The highest BCUT2D eigenvalue weighted by Crippen LogP contribution is 2.38. The molecule has 7 heteroatoms. The molecule has 25 heavy (non-hydrogen) atoms. The summed E-state index contributed by atoms with van der Waals surface area (Å²) >= 11 is 0. The summed E-state index contributed by atoms with van der Waals surface area (Å²) in [5.41, 5.74) is 0.391. The molecule has 0 unspecified atom stereocenters. The maximum absolute atomic E-state index is 12.6. The van der Waals surface area contributed by atoms with Crippen LogP contribution in [0.3, 0.4) is 0 Å². The van der Waals surface area contributed by atoms with E-state index in [1.54, 1.807) is 0 Å². The van der Waals surface area contributed by atoms with Gasteiger partial charge in [0.25, 0.3) is 0 Å². The Hall–Kier alpha value is -1.60. The van der Waals surface area contributed by atoms with Gasteiger partial charge in [-0.15, -0.1) is 0 Å². The number of hydrogen-bond acceptors (Lipinski definition) is 6. The number of benzene rings is 1. The van der Waals surface area contributed by atoms with Crippen LogP contribution in [0.5, 0.6) is 0 Å². The topological polar surface area (TPSA) is 66.9 Å². The highest BCUT2D eigenvalue weighted by Gasteiger charge is 2.54. The zero-order valence-corrected chi connectivity index (χ0v) is 16.0. The molecule has 1 aromatic carbocycles. The van der Waals surface area contributed by atoms with Crippen LogP contribution in [0.1, 0.15) is 27.2 Å². The largest absolute Gasteiger partial charge is 0.459 e. The average Bonchev–Trinajstić information content (AvgIpc) is 3.04. The van der Waals surface area contributed by atoms with Crippen molar-refractivity contribution in [2.75, 3.05) is 24.2 Å². The maximum Gasteiger partial charge on any atom is 0.323 e. The molecule has 2 heterocycles. The number of para-hydroxylation sites is 1. The summed E-state index contributed by atoms with van der Waals surface area (Å²) in [6.07, 6.45) is 1.21. The number of carbonyl (C=O) groups excluding carboxylic acids is 1. The normalized spacial score (nSPS) is 27.4. The zero-order valence-electron chi connectivity index (χ0n) is 15.2. The third-order valence-corrected chi connectivity index (χ3v) is 6.30. The molecule has 3 atom stereocenters. The van der Waals surface area contributed by atoms with E-state index in [2.05, 4.69) is 4.90 Å². The average molecular weight is 366 g/mol. The molecule has 2 saturated heterocycles. The van der Waals surface area contributed by atoms with Crippen molar-refractivity contribution in [2.24, 2.45) is 0 Å². The van der Waals surface area contributed by atoms with E-state index in [0.29, 0.717) is 13.1 Å². The monoisotopic (exact) mass is 366 g/mol. The number of sulfone groups is 1. The van der Waals surface area contributed by atoms with Crippen LogP contribution in [0.2, 0.25) is 0 Å². The molecular weight excluding hydrogens is 340 g/mol. The van der Waals surface area contributed by atoms with Gasteiger partial charge in [-0.1, -0.05) is 18.2 Å². The SMILES string of the molecule is CC(C)(C)OC(=O)[C@@H]1C[C@H](S(C)(=O)=O)[C@H]2N(c3ccccc3)CCN12. The van der Waals surface area contributed by atoms with Crippen molar-refractivity contribution in [3.8, 4) is 0 Å². The Morgan fingerprint density at radius 2 is 1.80 bits per heavy atom. The summed E-state index contributed by atoms with van der Waals surface area (Å²) < 4.78 is 30.3. The zero-order chi connectivity index (χ0) is 18.4. The number of carbonyl (C=O) groups is 1. The molecule has 3 rings (SSSR count). The van der Waals surface area contributed by atoms with Gasteiger partial charge in [-0.3, -0.25) is 9.69 Å². The van der Waals surface area contributed by atoms with E-state index >= 15 is 0 Å². The summed E-state index contributed by atoms with van der Waals surface area (Å²) in [5.74, 6) is -0.335. The van der Waals surface area contributed by atoms with Crippen molar-refractivity contribution >= 4 is 21.5 Å². The third kappa shape index (κ3) is 3.67. The summed E-state index contributed by atoms with van der Waals surface area (Å²) in [6, 6.07) is 9.25. The lowest BCUT2D eigenvalue weighted by Gasteiger charge is -2.31. The van der Waals surface area contributed by atoms with Crippen molar-refractivity contribution in [1.82, 2.24) is 4.90 Å². The lowest BCUT2D eigenvalue weighted by Crippen LogP contribution is -2.46. The van der Waals surface area contributed by atoms with Crippen LogP contribution in [0.15, 0.2) is 30.3 Å². The first kappa shape index (κ1) is 18.2. The second-order valence-corrected chi connectivity index (χ2v) is 10.1. The molecule has 2 aliphatic heterocycles. The highest BCUT2D eigenvalue weighted by molar-refractivity contribution is 7.91. The van der Waals surface area contributed by atoms with E-state index in [1.807, 2.05) is 56.0 Å². The number of anilines is 1. The minimum atomic E-state index is -3.30. The first-order valence-electron chi connectivity index (χ1n) is 8.57. The number of fused-ring (bicyclic) bond motifs is 1. The Labute approximate surface area is 149 Å². The second kappa shape index (κ2) is 6.29. The van der Waals surface area contributed by atoms with Gasteiger partial charge in [-0.2, -0.15) is 0 Å². The van der Waals surface area contributed by atoms with Gasteiger partial charge in [0.05, 0.1) is 11.4 Å². The molecule has 2 fully saturated rings. The minimum Gasteiger partial charge on any atom is -0.459 e. The van der Waals surface area contributed by atoms with E-state index in [1.165, 1.54) is 6.26 Å². The quantitative estimate of drug-likeness (QED) is 0.758. The Kier molecular flexibility index (Phi) is 4.58. The summed E-state index contributed by atoms with van der Waals surface area (Å²) in [6.45, 7) is 6.82. The number of rotatable bonds is 3. The van der Waals surface area contributed by atoms with Crippen molar-refractivity contribution in [3.05, 3.63) is 30.3 Å². The van der Waals surface area contributed by atoms with Gasteiger partial charge in [-0.25, -0.2) is 8.42 Å². The number of esters is 1. The van der Waals surface area contributed by atoms with Gasteiger partial charge < -0.3 is 9.64 Å². The molecule has 1 aromatic rings. The maximum atomic E-state index is 12.6. The fraction of sp³-hybridized carbons (Fsp3) is 0.611. The van der Waals surface area contributed by atoms with E-state index in [0.717, 1.165) is 5.69 Å². The van der Waals surface area contributed by atoms with Gasteiger partial charge in [0.2, 0.25) is 0 Å². The summed E-state index contributed by atoms with van der Waals surface area (Å²) in [4.78, 5) is 16.7. The van der Waals surface area contributed by atoms with E-state index in [9.17, 15) is 13.2 Å². The van der Waals surface area contributed by atoms with E-state index < -0.39 is 26.7 Å². The van der Waals surface area contributed by atoms with Gasteiger partial charge in [-0.05, 0) is 39.3 Å². The lowest BCUT2D eigenvalue weighted by atomic mass is 10.1. The molecule has 138 valence electrons. The molecule has 0 aliphatic carbocycles. The fourth-order valence-electron chi connectivity index (χ4n) is 3.80. The van der Waals surface area contributed by atoms with E-state index in [4.69, 9.17) is 4.74 Å². The fourth-order valence-corrected chi connectivity index (χ4v) is 5.07. The first-order valence-corrected chi connectivity index (χ1v) is 10.5. The van der Waals surface area contributed by atoms with Crippen molar-refractivity contribution in [2.45, 2.75) is 50.3 Å². The van der Waals surface area contributed by atoms with Crippen LogP contribution in [0.4, 0.5) is 5.69 Å². The molecule has 0 N–H and O–H groups in total. The molecule has 0 amide bonds. The standard InChI is InChI=1S/C18H26N2O4S/c1-18(2,3)24-17(21)14-12-15(25(4,22)23)16-19(10-11-20(14)16)13-8-6-5-7-9-13/h5-9,14-16H,10-12H2,1-4H3/t14-,15-,16-/m0/s1. The Morgan fingerprint density at radius 3 is 2.36 bits per heavy atom. The minimum absolute atomic E-state index is 0.280. The molecule has 0 spiro atoms. The lowest BCUT2D eigenvalue weighted by molar-refractivity contribution is -0.160. The van der Waals surface area contributed by atoms with Crippen LogP contribution < -0.4 is 4.90 Å². The number of nitrogens with zero attached hydrogens (tertiary/aromatic N) is 2. The van der Waals surface area contributed by atoms with Crippen LogP contribution in [-0.4, -0.2) is 61.7 Å². The third-order valence-electron chi connectivity index (χ3n) is 4.76. The molecule has 0 bridgehead atoms. The summed E-state index contributed by atoms with van der Waals surface area (Å²) in [5, 5.41) is -0.604. The van der Waals surface area contributed by atoms with E-state index in [-0.39, 0.29) is 18.6 Å². The van der Waals surface area contributed by atoms with Gasteiger partial charge >= 0.3 is 5.97 Å². The van der Waals surface area contributed by atoms with Gasteiger partial charge in [0.1, 0.15) is 11.6 Å². The number of ether oxygens (including phenoxy) is 1. The smallest absolute Gasteiger partial charge is 0.323 e. The molecule has 0 aromatic heterocycles. The molecule has 0 radical (unpaired) electrons. The van der Waals surface area contributed by atoms with Crippen molar-refractivity contribution in [3.63, 3.8) is 0 Å². The predicted molar refractivity (Wildman–Crippen MR) is 97.2 cm³/mol. The summed E-state index contributed by atoms with van der Waals surface area (Å²) in [7, 11) is -3.30. The first-order chi connectivity index (χ1) is 11.6. The Morgan fingerprint density at radius 1 is 1.16 bits per heavy atom. The van der Waals surface area contributed by atoms with Crippen LogP contribution >= 0.6 is 0 Å². The molecule has 2 aliphatic rings. The number of hydrogen-bond donors (Lipinski definition) is 0. The molecule has 0 saturated carbocycles. The van der Waals surface area contributed by atoms with Gasteiger partial charge in [0, 0.05) is 25.0 Å². The predicted octanol–water partition coefficient (Wildman–Crippen LogP) is 1.66. The van der Waals surface area contributed by atoms with Crippen molar-refractivity contribution < 1.29 is 17.9 Å². The Bertz CT molecular complexity index is 742. The van der Waals surface area contributed by atoms with Crippen LogP contribution in [0, 0.1) is 0 Å². The van der Waals surface area contributed by atoms with Gasteiger partial charge in [0.15, 0.2) is 9.84 Å². The second-order valence-electron chi connectivity index (χ2n) is 7.83. The molecule has 6 nitrogen and oxygen atoms in total. The molecular formula is C18H26N2O4S.